The van der Waals surface area contributed by atoms with E-state index in [1.54, 1.807) is 19.1 Å². The number of rotatable bonds is 6. The summed E-state index contributed by atoms with van der Waals surface area (Å²) in [5, 5.41) is 14.6. The van der Waals surface area contributed by atoms with E-state index in [1.807, 2.05) is 0 Å². The first kappa shape index (κ1) is 16.7. The van der Waals surface area contributed by atoms with E-state index in [0.29, 0.717) is 11.4 Å². The minimum Gasteiger partial charge on any atom is -0.377 e. The van der Waals surface area contributed by atoms with Gasteiger partial charge in [0.05, 0.1) is 10.6 Å². The van der Waals surface area contributed by atoms with Gasteiger partial charge in [-0.25, -0.2) is 4.21 Å². The fourth-order valence-electron chi connectivity index (χ4n) is 2.80. The maximum Gasteiger partial charge on any atom is 0.294 e. The smallest absolute Gasteiger partial charge is 0.294 e. The van der Waals surface area contributed by atoms with E-state index < -0.39 is 16.2 Å². The van der Waals surface area contributed by atoms with Gasteiger partial charge < -0.3 is 5.32 Å². The van der Waals surface area contributed by atoms with Crippen LogP contribution in [0, 0.1) is 10.1 Å². The summed E-state index contributed by atoms with van der Waals surface area (Å²) in [7, 11) is 0. The third-order valence-electron chi connectivity index (χ3n) is 3.91. The first-order chi connectivity index (χ1) is 10.5. The van der Waals surface area contributed by atoms with Gasteiger partial charge in [-0.15, -0.1) is 0 Å². The molecule has 1 aromatic carbocycles. The molecule has 1 unspecified atom stereocenters. The van der Waals surface area contributed by atoms with Gasteiger partial charge in [-0.2, -0.15) is 0 Å². The molecule has 0 bridgehead atoms. The van der Waals surface area contributed by atoms with Gasteiger partial charge in [-0.1, -0.05) is 19.3 Å². The third kappa shape index (κ3) is 3.95. The second-order valence-corrected chi connectivity index (χ2v) is 6.27. The minimum atomic E-state index is -2.20. The molecule has 0 saturated heterocycles. The van der Waals surface area contributed by atoms with Crippen LogP contribution in [0.4, 0.5) is 17.1 Å². The van der Waals surface area contributed by atoms with Crippen LogP contribution in [-0.4, -0.2) is 26.3 Å². The summed E-state index contributed by atoms with van der Waals surface area (Å²) in [4.78, 5) is 10.8. The minimum absolute atomic E-state index is 0.0630. The molecule has 0 aliphatic heterocycles. The van der Waals surface area contributed by atoms with Crippen LogP contribution in [0.5, 0.6) is 0 Å². The molecule has 8 heteroatoms. The summed E-state index contributed by atoms with van der Waals surface area (Å²) in [6.45, 7) is 2.00. The highest BCUT2D eigenvalue weighted by molar-refractivity contribution is 7.80. The van der Waals surface area contributed by atoms with Crippen LogP contribution in [0.2, 0.25) is 0 Å². The number of nitrogens with one attached hydrogen (secondary N) is 1. The van der Waals surface area contributed by atoms with E-state index in [9.17, 15) is 18.9 Å². The molecule has 0 aromatic heterocycles. The van der Waals surface area contributed by atoms with E-state index >= 15 is 0 Å². The number of nitro benzene ring substituents is 1. The zero-order valence-corrected chi connectivity index (χ0v) is 13.3. The topological polar surface area (TPSA) is 95.7 Å². The van der Waals surface area contributed by atoms with E-state index in [1.165, 1.54) is 16.8 Å². The van der Waals surface area contributed by atoms with Crippen molar-refractivity contribution in [2.75, 3.05) is 16.2 Å². The lowest BCUT2D eigenvalue weighted by Crippen LogP contribution is -2.25. The first-order valence-corrected chi connectivity index (χ1v) is 8.52. The monoisotopic (exact) mass is 327 g/mol. The lowest BCUT2D eigenvalue weighted by Gasteiger charge is -2.24. The van der Waals surface area contributed by atoms with Crippen LogP contribution in [0.15, 0.2) is 18.2 Å². The van der Waals surface area contributed by atoms with Crippen LogP contribution in [-0.2, 0) is 11.3 Å². The Morgan fingerprint density at radius 3 is 2.64 bits per heavy atom. The highest BCUT2D eigenvalue weighted by Gasteiger charge is 2.21. The molecule has 1 aliphatic rings. The number of benzene rings is 1. The van der Waals surface area contributed by atoms with Gasteiger partial charge in [0.1, 0.15) is 5.69 Å². The SMILES string of the molecule is CCN(c1ccc(NC2CCCCC2)c([N+](=O)[O-])c1)S(=O)O. The molecule has 0 spiro atoms. The summed E-state index contributed by atoms with van der Waals surface area (Å²) in [5.74, 6) is 0. The molecule has 1 saturated carbocycles. The van der Waals surface area contributed by atoms with Gasteiger partial charge >= 0.3 is 0 Å². The molecule has 7 nitrogen and oxygen atoms in total. The summed E-state index contributed by atoms with van der Waals surface area (Å²) in [5.41, 5.74) is 0.775. The molecule has 22 heavy (non-hydrogen) atoms. The molecule has 1 aliphatic carbocycles. The average Bonchev–Trinajstić information content (AvgIpc) is 2.49. The molecule has 0 amide bonds. The molecule has 1 aromatic rings. The molecule has 1 atom stereocenters. The lowest BCUT2D eigenvalue weighted by molar-refractivity contribution is -0.383. The summed E-state index contributed by atoms with van der Waals surface area (Å²) < 4.78 is 21.7. The lowest BCUT2D eigenvalue weighted by atomic mass is 9.95. The van der Waals surface area contributed by atoms with Crippen LogP contribution >= 0.6 is 0 Å². The van der Waals surface area contributed by atoms with E-state index in [-0.39, 0.29) is 18.3 Å². The van der Waals surface area contributed by atoms with Gasteiger partial charge in [-0.05, 0) is 31.9 Å². The molecular weight excluding hydrogens is 306 g/mol. The predicted molar refractivity (Wildman–Crippen MR) is 87.4 cm³/mol. The number of nitro groups is 1. The third-order valence-corrected chi connectivity index (χ3v) is 4.75. The van der Waals surface area contributed by atoms with Gasteiger partial charge in [0.25, 0.3) is 17.0 Å². The van der Waals surface area contributed by atoms with Crippen molar-refractivity contribution in [2.24, 2.45) is 0 Å². The van der Waals surface area contributed by atoms with Crippen LogP contribution in [0.3, 0.4) is 0 Å². The van der Waals surface area contributed by atoms with Crippen molar-refractivity contribution < 1.29 is 13.7 Å². The Hall–Kier alpha value is -1.67. The second kappa shape index (κ2) is 7.55. The fraction of sp³-hybridized carbons (Fsp3) is 0.571. The molecule has 2 N–H and O–H groups in total. The Labute approximate surface area is 132 Å². The van der Waals surface area contributed by atoms with Crippen LogP contribution < -0.4 is 9.62 Å². The molecule has 2 rings (SSSR count). The van der Waals surface area contributed by atoms with Gasteiger partial charge in [0, 0.05) is 18.7 Å². The average molecular weight is 327 g/mol. The van der Waals surface area contributed by atoms with Crippen molar-refractivity contribution >= 4 is 28.3 Å². The van der Waals surface area contributed by atoms with Crippen molar-refractivity contribution in [2.45, 2.75) is 45.1 Å². The zero-order valence-electron chi connectivity index (χ0n) is 12.5. The molecule has 0 heterocycles. The van der Waals surface area contributed by atoms with E-state index in [0.717, 1.165) is 25.7 Å². The van der Waals surface area contributed by atoms with Crippen molar-refractivity contribution in [1.82, 2.24) is 0 Å². The largest absolute Gasteiger partial charge is 0.377 e. The zero-order chi connectivity index (χ0) is 16.1. The maximum absolute atomic E-state index is 11.3. The number of hydrogen-bond donors (Lipinski definition) is 2. The molecule has 0 radical (unpaired) electrons. The highest BCUT2D eigenvalue weighted by Crippen LogP contribution is 2.32. The Kier molecular flexibility index (Phi) is 5.73. The second-order valence-electron chi connectivity index (χ2n) is 5.36. The van der Waals surface area contributed by atoms with Gasteiger partial charge in [-0.3, -0.25) is 19.0 Å². The van der Waals surface area contributed by atoms with E-state index in [4.69, 9.17) is 0 Å². The van der Waals surface area contributed by atoms with Gasteiger partial charge in [0.15, 0.2) is 0 Å². The van der Waals surface area contributed by atoms with Gasteiger partial charge in [0.2, 0.25) is 0 Å². The van der Waals surface area contributed by atoms with Crippen molar-refractivity contribution in [3.63, 3.8) is 0 Å². The standard InChI is InChI=1S/C14H21N3O4S/c1-2-16(22(20)21)12-8-9-13(14(10-12)17(18)19)15-11-6-4-3-5-7-11/h8-11,15H,2-7H2,1H3,(H,20,21). The number of nitrogens with zero attached hydrogens (tertiary/aromatic N) is 2. The Morgan fingerprint density at radius 1 is 1.41 bits per heavy atom. The number of hydrogen-bond acceptors (Lipinski definition) is 4. The molecule has 1 fully saturated rings. The fourth-order valence-corrected chi connectivity index (χ4v) is 3.31. The predicted octanol–water partition coefficient (Wildman–Crippen LogP) is 3.30. The Balaban J connectivity index is 2.26. The van der Waals surface area contributed by atoms with Crippen molar-refractivity contribution in [3.05, 3.63) is 28.3 Å². The normalized spacial score (nSPS) is 17.0. The highest BCUT2D eigenvalue weighted by atomic mass is 32.2. The van der Waals surface area contributed by atoms with Crippen molar-refractivity contribution in [3.8, 4) is 0 Å². The van der Waals surface area contributed by atoms with E-state index in [2.05, 4.69) is 5.32 Å². The quantitative estimate of drug-likeness (QED) is 0.475. The Morgan fingerprint density at radius 2 is 2.09 bits per heavy atom. The van der Waals surface area contributed by atoms with Crippen LogP contribution in [0.1, 0.15) is 39.0 Å². The summed E-state index contributed by atoms with van der Waals surface area (Å²) in [6, 6.07) is 4.86. The molecular formula is C14H21N3O4S. The maximum atomic E-state index is 11.3. The first-order valence-electron chi connectivity index (χ1n) is 7.46. The van der Waals surface area contributed by atoms with Crippen LogP contribution in [0.25, 0.3) is 0 Å². The summed E-state index contributed by atoms with van der Waals surface area (Å²) >= 11 is -2.20. The Bertz CT molecular complexity index is 561. The summed E-state index contributed by atoms with van der Waals surface area (Å²) in [6.07, 6.45) is 5.52. The van der Waals surface area contributed by atoms with Crippen molar-refractivity contribution in [1.29, 1.82) is 0 Å². The number of anilines is 2. The molecule has 122 valence electrons.